The normalized spacial score (nSPS) is 10.6. The minimum atomic E-state index is -0.239. The molecule has 1 rings (SSSR count). The third-order valence-electron chi connectivity index (χ3n) is 1.49. The number of hydrogen-bond acceptors (Lipinski definition) is 0. The SMILES string of the molecule is [CH2]C(C)c1cc(Cl)ccc1F. The Balaban J connectivity index is 3.13. The molecule has 0 aliphatic carbocycles. The van der Waals surface area contributed by atoms with Crippen molar-refractivity contribution in [1.29, 1.82) is 0 Å². The molecule has 0 aliphatic rings. The topological polar surface area (TPSA) is 0 Å². The van der Waals surface area contributed by atoms with Crippen LogP contribution in [0.5, 0.6) is 0 Å². The lowest BCUT2D eigenvalue weighted by molar-refractivity contribution is 0.605. The molecule has 0 aliphatic heterocycles. The molecule has 0 saturated carbocycles. The first-order valence-corrected chi connectivity index (χ1v) is 3.77. The van der Waals surface area contributed by atoms with Gasteiger partial charge in [-0.05, 0) is 36.6 Å². The van der Waals surface area contributed by atoms with Crippen LogP contribution in [-0.4, -0.2) is 0 Å². The Labute approximate surface area is 71.0 Å². The van der Waals surface area contributed by atoms with Crippen LogP contribution in [0, 0.1) is 12.7 Å². The second-order valence-corrected chi connectivity index (χ2v) is 3.00. The van der Waals surface area contributed by atoms with Gasteiger partial charge in [0.15, 0.2) is 0 Å². The van der Waals surface area contributed by atoms with E-state index in [0.29, 0.717) is 10.6 Å². The molecule has 1 aromatic rings. The maximum absolute atomic E-state index is 12.9. The van der Waals surface area contributed by atoms with Crippen molar-refractivity contribution in [3.05, 3.63) is 41.5 Å². The highest BCUT2D eigenvalue weighted by Crippen LogP contribution is 2.21. The number of benzene rings is 1. The molecule has 0 N–H and O–H groups in total. The highest BCUT2D eigenvalue weighted by molar-refractivity contribution is 6.30. The number of halogens is 2. The summed E-state index contributed by atoms with van der Waals surface area (Å²) in [4.78, 5) is 0. The average molecular weight is 172 g/mol. The van der Waals surface area contributed by atoms with Gasteiger partial charge in [0.2, 0.25) is 0 Å². The summed E-state index contributed by atoms with van der Waals surface area (Å²) in [5.74, 6) is -0.300. The lowest BCUT2D eigenvalue weighted by atomic mass is 10.0. The summed E-state index contributed by atoms with van der Waals surface area (Å²) in [5.41, 5.74) is 0.567. The first-order valence-electron chi connectivity index (χ1n) is 3.39. The molecule has 0 heterocycles. The predicted molar refractivity (Wildman–Crippen MR) is 45.2 cm³/mol. The molecular formula is C9H9ClF. The summed E-state index contributed by atoms with van der Waals surface area (Å²) in [7, 11) is 0. The molecule has 0 nitrogen and oxygen atoms in total. The van der Waals surface area contributed by atoms with Gasteiger partial charge in [-0.1, -0.05) is 18.5 Å². The molecule has 0 spiro atoms. The number of hydrogen-bond donors (Lipinski definition) is 0. The lowest BCUT2D eigenvalue weighted by Crippen LogP contribution is -1.92. The third-order valence-corrected chi connectivity index (χ3v) is 1.72. The van der Waals surface area contributed by atoms with Crippen molar-refractivity contribution in [1.82, 2.24) is 0 Å². The van der Waals surface area contributed by atoms with Gasteiger partial charge < -0.3 is 0 Å². The minimum Gasteiger partial charge on any atom is -0.207 e. The fraction of sp³-hybridized carbons (Fsp3) is 0.222. The molecule has 0 saturated heterocycles. The van der Waals surface area contributed by atoms with Gasteiger partial charge >= 0.3 is 0 Å². The summed E-state index contributed by atoms with van der Waals surface area (Å²) in [6, 6.07) is 4.50. The first kappa shape index (κ1) is 8.54. The zero-order valence-electron chi connectivity index (χ0n) is 6.27. The van der Waals surface area contributed by atoms with Crippen molar-refractivity contribution in [3.8, 4) is 0 Å². The van der Waals surface area contributed by atoms with Crippen LogP contribution in [-0.2, 0) is 0 Å². The van der Waals surface area contributed by atoms with Gasteiger partial charge in [0.05, 0.1) is 0 Å². The second-order valence-electron chi connectivity index (χ2n) is 2.57. The van der Waals surface area contributed by atoms with Crippen LogP contribution in [0.4, 0.5) is 4.39 Å². The van der Waals surface area contributed by atoms with Crippen LogP contribution in [0.15, 0.2) is 18.2 Å². The Morgan fingerprint density at radius 1 is 1.55 bits per heavy atom. The quantitative estimate of drug-likeness (QED) is 0.608. The van der Waals surface area contributed by atoms with Gasteiger partial charge in [0, 0.05) is 5.02 Å². The van der Waals surface area contributed by atoms with Gasteiger partial charge in [-0.2, -0.15) is 0 Å². The second kappa shape index (κ2) is 3.22. The smallest absolute Gasteiger partial charge is 0.126 e. The van der Waals surface area contributed by atoms with E-state index < -0.39 is 0 Å². The maximum atomic E-state index is 12.9. The molecule has 1 radical (unpaired) electrons. The van der Waals surface area contributed by atoms with Crippen molar-refractivity contribution in [2.45, 2.75) is 12.8 Å². The van der Waals surface area contributed by atoms with E-state index in [1.165, 1.54) is 12.1 Å². The minimum absolute atomic E-state index is 0.0614. The van der Waals surface area contributed by atoms with Gasteiger partial charge in [-0.25, -0.2) is 4.39 Å². The lowest BCUT2D eigenvalue weighted by Gasteiger charge is -2.05. The monoisotopic (exact) mass is 171 g/mol. The molecular weight excluding hydrogens is 163 g/mol. The standard InChI is InChI=1S/C9H9ClF/c1-6(2)8-5-7(10)3-4-9(8)11/h3-6H,1H2,2H3. The first-order chi connectivity index (χ1) is 5.11. The van der Waals surface area contributed by atoms with Crippen molar-refractivity contribution in [2.75, 3.05) is 0 Å². The van der Waals surface area contributed by atoms with Crippen molar-refractivity contribution >= 4 is 11.6 Å². The van der Waals surface area contributed by atoms with Gasteiger partial charge in [0.1, 0.15) is 5.82 Å². The molecule has 0 aromatic heterocycles. The highest BCUT2D eigenvalue weighted by Gasteiger charge is 2.05. The molecule has 2 heteroatoms. The summed E-state index contributed by atoms with van der Waals surface area (Å²) in [6.07, 6.45) is 0. The Bertz CT molecular complexity index is 256. The molecule has 59 valence electrons. The van der Waals surface area contributed by atoms with Crippen LogP contribution in [0.2, 0.25) is 5.02 Å². The molecule has 0 fully saturated rings. The Kier molecular flexibility index (Phi) is 2.50. The van der Waals surface area contributed by atoms with Gasteiger partial charge in [-0.15, -0.1) is 0 Å². The van der Waals surface area contributed by atoms with E-state index in [-0.39, 0.29) is 11.7 Å². The molecule has 1 aromatic carbocycles. The average Bonchev–Trinajstić information content (AvgIpc) is 1.94. The molecule has 1 atom stereocenters. The summed E-state index contributed by atoms with van der Waals surface area (Å²) < 4.78 is 12.9. The molecule has 0 amide bonds. The van der Waals surface area contributed by atoms with E-state index in [4.69, 9.17) is 11.6 Å². The fourth-order valence-electron chi connectivity index (χ4n) is 0.892. The van der Waals surface area contributed by atoms with Crippen LogP contribution in [0.1, 0.15) is 18.4 Å². The zero-order valence-corrected chi connectivity index (χ0v) is 7.03. The highest BCUT2D eigenvalue weighted by atomic mass is 35.5. The van der Waals surface area contributed by atoms with E-state index >= 15 is 0 Å². The van der Waals surface area contributed by atoms with Crippen molar-refractivity contribution in [3.63, 3.8) is 0 Å². The Morgan fingerprint density at radius 2 is 2.18 bits per heavy atom. The fourth-order valence-corrected chi connectivity index (χ4v) is 1.07. The maximum Gasteiger partial charge on any atom is 0.126 e. The number of rotatable bonds is 1. The zero-order chi connectivity index (χ0) is 8.43. The summed E-state index contributed by atoms with van der Waals surface area (Å²) in [5, 5.41) is 0.553. The van der Waals surface area contributed by atoms with Crippen LogP contribution in [0.25, 0.3) is 0 Å². The molecule has 11 heavy (non-hydrogen) atoms. The van der Waals surface area contributed by atoms with Crippen molar-refractivity contribution < 1.29 is 4.39 Å². The predicted octanol–water partition coefficient (Wildman–Crippen LogP) is 3.42. The van der Waals surface area contributed by atoms with Crippen LogP contribution < -0.4 is 0 Å². The summed E-state index contributed by atoms with van der Waals surface area (Å²) >= 11 is 5.67. The van der Waals surface area contributed by atoms with Gasteiger partial charge in [0.25, 0.3) is 0 Å². The van der Waals surface area contributed by atoms with Crippen molar-refractivity contribution in [2.24, 2.45) is 0 Å². The van der Waals surface area contributed by atoms with E-state index in [9.17, 15) is 4.39 Å². The van der Waals surface area contributed by atoms with Crippen LogP contribution >= 0.6 is 11.6 Å². The molecule has 0 bridgehead atoms. The Morgan fingerprint density at radius 3 is 2.64 bits per heavy atom. The molecule has 1 unspecified atom stereocenters. The largest absolute Gasteiger partial charge is 0.207 e. The Hall–Kier alpha value is -0.560. The summed E-state index contributed by atoms with van der Waals surface area (Å²) in [6.45, 7) is 5.54. The van der Waals surface area contributed by atoms with E-state index in [1.807, 2.05) is 6.92 Å². The van der Waals surface area contributed by atoms with E-state index in [1.54, 1.807) is 6.07 Å². The van der Waals surface area contributed by atoms with E-state index in [2.05, 4.69) is 6.92 Å². The van der Waals surface area contributed by atoms with Crippen LogP contribution in [0.3, 0.4) is 0 Å². The van der Waals surface area contributed by atoms with Gasteiger partial charge in [-0.3, -0.25) is 0 Å². The van der Waals surface area contributed by atoms with E-state index in [0.717, 1.165) is 0 Å². The third kappa shape index (κ3) is 1.93.